The van der Waals surface area contributed by atoms with E-state index < -0.39 is 24.0 Å². The fraction of sp³-hybridized carbons (Fsp3) is 0.235. The summed E-state index contributed by atoms with van der Waals surface area (Å²) in [5.74, 6) is -1.24. The van der Waals surface area contributed by atoms with Gasteiger partial charge in [-0.3, -0.25) is 9.59 Å². The predicted octanol–water partition coefficient (Wildman–Crippen LogP) is 4.37. The van der Waals surface area contributed by atoms with Crippen LogP contribution >= 0.6 is 0 Å². The summed E-state index contributed by atoms with van der Waals surface area (Å²) in [5, 5.41) is 0. The first kappa shape index (κ1) is 26.9. The minimum atomic E-state index is -1.00. The van der Waals surface area contributed by atoms with Gasteiger partial charge in [0.15, 0.2) is 0 Å². The topological polar surface area (TPSA) is 114 Å². The Balaban J connectivity index is 0.968. The van der Waals surface area contributed by atoms with Crippen LogP contribution in [0.1, 0.15) is 34.1 Å². The van der Waals surface area contributed by atoms with Gasteiger partial charge in [0.05, 0.1) is 13.2 Å². The third kappa shape index (κ3) is 5.27. The van der Waals surface area contributed by atoms with Crippen LogP contribution in [0.3, 0.4) is 0 Å². The van der Waals surface area contributed by atoms with E-state index in [4.69, 9.17) is 25.7 Å². The number of fused-ring (bicyclic) bond motifs is 6. The van der Waals surface area contributed by atoms with Crippen molar-refractivity contribution in [3.63, 3.8) is 0 Å². The predicted molar refractivity (Wildman–Crippen MR) is 156 cm³/mol. The highest BCUT2D eigenvalue weighted by molar-refractivity contribution is 5.81. The van der Waals surface area contributed by atoms with Gasteiger partial charge in [0, 0.05) is 11.8 Å². The highest BCUT2D eigenvalue weighted by atomic mass is 16.5. The maximum atomic E-state index is 12.6. The number of carbonyl (C=O) groups excluding carboxylic acids is 2. The van der Waals surface area contributed by atoms with Crippen LogP contribution < -0.4 is 11.5 Å². The van der Waals surface area contributed by atoms with Crippen molar-refractivity contribution in [2.45, 2.75) is 23.9 Å². The second kappa shape index (κ2) is 11.7. The molecule has 7 nitrogen and oxygen atoms in total. The molecule has 2 aliphatic carbocycles. The molecule has 0 fully saturated rings. The molecule has 208 valence electrons. The molecule has 6 rings (SSSR count). The Kier molecular flexibility index (Phi) is 7.65. The molecule has 0 aliphatic heterocycles. The molecule has 2 atom stereocenters. The highest BCUT2D eigenvalue weighted by Crippen LogP contribution is 2.45. The molecule has 2 aliphatic rings. The first-order valence-electron chi connectivity index (χ1n) is 13.8. The quantitative estimate of drug-likeness (QED) is 0.283. The van der Waals surface area contributed by atoms with Gasteiger partial charge in [-0.05, 0) is 44.5 Å². The molecular formula is C34H32N2O5. The van der Waals surface area contributed by atoms with Crippen molar-refractivity contribution < 1.29 is 23.8 Å². The Morgan fingerprint density at radius 1 is 0.537 bits per heavy atom. The molecule has 0 spiro atoms. The SMILES string of the molecule is NC(COCC(N)C(=O)OCC1c2ccccc2-c2ccccc21)C(=O)OCC1c2ccccc2-c2ccccc21. The van der Waals surface area contributed by atoms with E-state index in [0.717, 1.165) is 44.5 Å². The van der Waals surface area contributed by atoms with Gasteiger partial charge < -0.3 is 25.7 Å². The number of nitrogens with two attached hydrogens (primary N) is 2. The van der Waals surface area contributed by atoms with Crippen molar-refractivity contribution in [3.05, 3.63) is 119 Å². The normalized spacial score (nSPS) is 14.9. The zero-order valence-electron chi connectivity index (χ0n) is 22.6. The molecule has 2 unspecified atom stereocenters. The van der Waals surface area contributed by atoms with Gasteiger partial charge >= 0.3 is 11.9 Å². The Bertz CT molecular complexity index is 1380. The molecule has 4 aromatic carbocycles. The molecule has 0 bridgehead atoms. The third-order valence-corrected chi connectivity index (χ3v) is 7.91. The average Bonchev–Trinajstić information content (AvgIpc) is 3.51. The minimum absolute atomic E-state index is 0.0542. The zero-order chi connectivity index (χ0) is 28.3. The molecule has 0 aromatic heterocycles. The largest absolute Gasteiger partial charge is 0.463 e. The molecule has 4 N–H and O–H groups in total. The van der Waals surface area contributed by atoms with Gasteiger partial charge in [0.1, 0.15) is 25.3 Å². The first-order valence-corrected chi connectivity index (χ1v) is 13.8. The molecule has 41 heavy (non-hydrogen) atoms. The second-order valence-electron chi connectivity index (χ2n) is 10.5. The lowest BCUT2D eigenvalue weighted by atomic mass is 9.98. The molecule has 0 heterocycles. The maximum Gasteiger partial charge on any atom is 0.325 e. The van der Waals surface area contributed by atoms with Gasteiger partial charge in [-0.25, -0.2) is 0 Å². The summed E-state index contributed by atoms with van der Waals surface area (Å²) in [6.07, 6.45) is 0. The fourth-order valence-electron chi connectivity index (χ4n) is 5.88. The molecular weight excluding hydrogens is 516 g/mol. The Morgan fingerprint density at radius 3 is 1.15 bits per heavy atom. The van der Waals surface area contributed by atoms with Crippen LogP contribution in [0, 0.1) is 0 Å². The van der Waals surface area contributed by atoms with Crippen molar-refractivity contribution >= 4 is 11.9 Å². The Hall–Kier alpha value is -4.30. The molecule has 0 saturated heterocycles. The van der Waals surface area contributed by atoms with Crippen molar-refractivity contribution in [1.82, 2.24) is 0 Å². The van der Waals surface area contributed by atoms with Crippen LogP contribution in [0.5, 0.6) is 0 Å². The lowest BCUT2D eigenvalue weighted by molar-refractivity contribution is -0.148. The van der Waals surface area contributed by atoms with Crippen molar-refractivity contribution in [1.29, 1.82) is 0 Å². The van der Waals surface area contributed by atoms with Gasteiger partial charge in [-0.15, -0.1) is 0 Å². The lowest BCUT2D eigenvalue weighted by Crippen LogP contribution is -2.41. The standard InChI is InChI=1S/C34H32N2O5/c35-31(33(37)40-17-29-25-13-5-1-9-21(25)22-10-2-6-14-26(22)29)19-39-20-32(36)34(38)41-18-30-27-15-7-3-11-23(27)24-12-4-8-16-28(24)30/h1-16,29-32H,17-20,35-36H2. The summed E-state index contributed by atoms with van der Waals surface area (Å²) in [4.78, 5) is 25.3. The van der Waals surface area contributed by atoms with Crippen LogP contribution in [-0.4, -0.2) is 50.4 Å². The lowest BCUT2D eigenvalue weighted by Gasteiger charge is -2.18. The van der Waals surface area contributed by atoms with Crippen molar-refractivity contribution in [2.75, 3.05) is 26.4 Å². The number of hydrogen-bond donors (Lipinski definition) is 2. The maximum absolute atomic E-state index is 12.6. The number of rotatable bonds is 10. The van der Waals surface area contributed by atoms with E-state index >= 15 is 0 Å². The minimum Gasteiger partial charge on any atom is -0.463 e. The number of hydrogen-bond acceptors (Lipinski definition) is 7. The van der Waals surface area contributed by atoms with Gasteiger partial charge in [0.25, 0.3) is 0 Å². The molecule has 4 aromatic rings. The summed E-state index contributed by atoms with van der Waals surface area (Å²) in [6.45, 7) is 0.113. The fourth-order valence-corrected chi connectivity index (χ4v) is 5.88. The van der Waals surface area contributed by atoms with E-state index in [1.807, 2.05) is 48.5 Å². The van der Waals surface area contributed by atoms with Crippen LogP contribution in [0.2, 0.25) is 0 Å². The molecule has 7 heteroatoms. The molecule has 0 saturated carbocycles. The van der Waals surface area contributed by atoms with Crippen LogP contribution in [0.15, 0.2) is 97.1 Å². The van der Waals surface area contributed by atoms with E-state index in [-0.39, 0.29) is 38.3 Å². The molecule has 0 radical (unpaired) electrons. The monoisotopic (exact) mass is 548 g/mol. The van der Waals surface area contributed by atoms with Crippen LogP contribution in [0.25, 0.3) is 22.3 Å². The first-order chi connectivity index (χ1) is 20.0. The smallest absolute Gasteiger partial charge is 0.325 e. The van der Waals surface area contributed by atoms with E-state index in [1.54, 1.807) is 0 Å². The Morgan fingerprint density at radius 2 is 0.829 bits per heavy atom. The second-order valence-corrected chi connectivity index (χ2v) is 10.5. The highest BCUT2D eigenvalue weighted by Gasteiger charge is 2.31. The van der Waals surface area contributed by atoms with E-state index in [9.17, 15) is 9.59 Å². The number of benzene rings is 4. The summed E-state index contributed by atoms with van der Waals surface area (Å²) in [5.41, 5.74) is 21.2. The van der Waals surface area contributed by atoms with Gasteiger partial charge in [-0.2, -0.15) is 0 Å². The van der Waals surface area contributed by atoms with Crippen LogP contribution in [0.4, 0.5) is 0 Å². The van der Waals surface area contributed by atoms with Crippen molar-refractivity contribution in [2.24, 2.45) is 11.5 Å². The summed E-state index contributed by atoms with van der Waals surface area (Å²) in [7, 11) is 0. The number of ether oxygens (including phenoxy) is 3. The van der Waals surface area contributed by atoms with Crippen molar-refractivity contribution in [3.8, 4) is 22.3 Å². The third-order valence-electron chi connectivity index (χ3n) is 7.91. The molecule has 0 amide bonds. The van der Waals surface area contributed by atoms with E-state index in [0.29, 0.717) is 0 Å². The summed E-state index contributed by atoms with van der Waals surface area (Å²) in [6, 6.07) is 30.5. The summed E-state index contributed by atoms with van der Waals surface area (Å²) >= 11 is 0. The van der Waals surface area contributed by atoms with E-state index in [1.165, 1.54) is 0 Å². The average molecular weight is 549 g/mol. The Labute approximate surface area is 239 Å². The zero-order valence-corrected chi connectivity index (χ0v) is 22.6. The van der Waals surface area contributed by atoms with E-state index in [2.05, 4.69) is 48.5 Å². The van der Waals surface area contributed by atoms with Gasteiger partial charge in [0.2, 0.25) is 0 Å². The van der Waals surface area contributed by atoms with Gasteiger partial charge in [-0.1, -0.05) is 97.1 Å². The number of esters is 2. The van der Waals surface area contributed by atoms with Crippen LogP contribution in [-0.2, 0) is 23.8 Å². The summed E-state index contributed by atoms with van der Waals surface area (Å²) < 4.78 is 16.7. The number of carbonyl (C=O) groups is 2.